The molecule has 1 atom stereocenters. The lowest BCUT2D eigenvalue weighted by Crippen LogP contribution is -2.43. The number of fused-ring (bicyclic) bond motifs is 1. The molecule has 188 valence electrons. The van der Waals surface area contributed by atoms with E-state index in [9.17, 15) is 19.5 Å². The van der Waals surface area contributed by atoms with Crippen LogP contribution in [0.15, 0.2) is 56.3 Å². The van der Waals surface area contributed by atoms with Gasteiger partial charge < -0.3 is 25.5 Å². The second-order valence-corrected chi connectivity index (χ2v) is 9.05. The van der Waals surface area contributed by atoms with Crippen molar-refractivity contribution in [3.8, 4) is 0 Å². The van der Waals surface area contributed by atoms with Crippen molar-refractivity contribution in [2.24, 2.45) is 4.99 Å². The van der Waals surface area contributed by atoms with Crippen molar-refractivity contribution in [2.75, 3.05) is 25.0 Å². The molecule has 3 aromatic rings. The van der Waals surface area contributed by atoms with E-state index in [2.05, 4.69) is 47.2 Å². The minimum Gasteiger partial charge on any atom is -0.480 e. The zero-order valence-corrected chi connectivity index (χ0v) is 20.8. The minimum atomic E-state index is -1.17. The number of oxazole rings is 1. The fourth-order valence-electron chi connectivity index (χ4n) is 3.50. The molecule has 0 saturated carbocycles. The highest BCUT2D eigenvalue weighted by molar-refractivity contribution is 9.10. The molecule has 2 aromatic carbocycles. The third-order valence-electron chi connectivity index (χ3n) is 5.42. The van der Waals surface area contributed by atoms with Gasteiger partial charge in [-0.05, 0) is 48.7 Å². The van der Waals surface area contributed by atoms with Gasteiger partial charge in [0.2, 0.25) is 5.91 Å². The Labute approximate surface area is 214 Å². The Balaban J connectivity index is 1.27. The number of carbonyl (C=O) groups is 3. The van der Waals surface area contributed by atoms with Crippen LogP contribution in [-0.4, -0.2) is 59.5 Å². The molecule has 1 aliphatic heterocycles. The van der Waals surface area contributed by atoms with Crippen LogP contribution in [0.25, 0.3) is 11.1 Å². The number of aliphatic imine (C=N–C) groups is 1. The number of hydrogen-bond acceptors (Lipinski definition) is 8. The lowest BCUT2D eigenvalue weighted by molar-refractivity contribution is -0.137. The number of amides is 2. The zero-order chi connectivity index (χ0) is 25.5. The standard InChI is InChI=1S/C24H25BrN6O5/c25-16-7-8-19-17(12-16)29-24(36-19)30-18(22(34)35)13-28-21(33)15-5-2-14(3-6-15)4-9-20(32)31-23-26-10-1-11-27-23/h2-3,5-8,12,18H,1,4,9-11,13H2,(H,28,33)(H,29,30)(H,34,35)(H2,26,27,31,32). The molecule has 0 aliphatic carbocycles. The van der Waals surface area contributed by atoms with Gasteiger partial charge in [0, 0.05) is 36.1 Å². The summed E-state index contributed by atoms with van der Waals surface area (Å²) in [6.45, 7) is 1.31. The van der Waals surface area contributed by atoms with Crippen molar-refractivity contribution < 1.29 is 23.9 Å². The van der Waals surface area contributed by atoms with Gasteiger partial charge in [-0.1, -0.05) is 28.1 Å². The molecule has 11 nitrogen and oxygen atoms in total. The van der Waals surface area contributed by atoms with Gasteiger partial charge in [-0.3, -0.25) is 19.9 Å². The van der Waals surface area contributed by atoms with Crippen LogP contribution in [0.3, 0.4) is 0 Å². The van der Waals surface area contributed by atoms with Crippen LogP contribution < -0.4 is 21.3 Å². The summed E-state index contributed by atoms with van der Waals surface area (Å²) in [6.07, 6.45) is 1.74. The Bertz CT molecular complexity index is 1290. The number of halogens is 1. The van der Waals surface area contributed by atoms with Crippen LogP contribution in [-0.2, 0) is 16.0 Å². The highest BCUT2D eigenvalue weighted by atomic mass is 79.9. The van der Waals surface area contributed by atoms with Gasteiger partial charge in [0.1, 0.15) is 11.6 Å². The third kappa shape index (κ3) is 6.81. The number of aliphatic carboxylic acids is 1. The molecule has 5 N–H and O–H groups in total. The van der Waals surface area contributed by atoms with Gasteiger partial charge in [0.15, 0.2) is 11.5 Å². The first kappa shape index (κ1) is 25.2. The molecule has 1 aromatic heterocycles. The van der Waals surface area contributed by atoms with Gasteiger partial charge >= 0.3 is 5.97 Å². The number of guanidine groups is 1. The number of carboxylic acids is 1. The molecular weight excluding hydrogens is 532 g/mol. The van der Waals surface area contributed by atoms with Gasteiger partial charge in [-0.15, -0.1) is 0 Å². The number of benzene rings is 2. The van der Waals surface area contributed by atoms with Crippen molar-refractivity contribution in [1.82, 2.24) is 20.9 Å². The molecule has 2 amide bonds. The molecule has 0 saturated heterocycles. The molecule has 0 radical (unpaired) electrons. The molecule has 1 aliphatic rings. The highest BCUT2D eigenvalue weighted by Crippen LogP contribution is 2.23. The summed E-state index contributed by atoms with van der Waals surface area (Å²) in [5, 5.41) is 20.7. The summed E-state index contributed by atoms with van der Waals surface area (Å²) < 4.78 is 6.35. The lowest BCUT2D eigenvalue weighted by Gasteiger charge is -2.15. The van der Waals surface area contributed by atoms with Crippen LogP contribution >= 0.6 is 15.9 Å². The van der Waals surface area contributed by atoms with E-state index in [-0.39, 0.29) is 24.9 Å². The predicted molar refractivity (Wildman–Crippen MR) is 137 cm³/mol. The van der Waals surface area contributed by atoms with E-state index >= 15 is 0 Å². The highest BCUT2D eigenvalue weighted by Gasteiger charge is 2.21. The molecule has 0 fully saturated rings. The van der Waals surface area contributed by atoms with Crippen molar-refractivity contribution in [2.45, 2.75) is 25.3 Å². The Morgan fingerprint density at radius 2 is 1.97 bits per heavy atom. The Kier molecular flexibility index (Phi) is 8.16. The summed E-state index contributed by atoms with van der Waals surface area (Å²) in [5.41, 5.74) is 2.34. The van der Waals surface area contributed by atoms with Crippen molar-refractivity contribution >= 4 is 56.8 Å². The number of carbonyl (C=O) groups excluding carboxylic acids is 2. The smallest absolute Gasteiger partial charge is 0.328 e. The maximum Gasteiger partial charge on any atom is 0.328 e. The average molecular weight is 557 g/mol. The number of nitrogens with one attached hydrogen (secondary N) is 4. The van der Waals surface area contributed by atoms with Crippen molar-refractivity contribution in [1.29, 1.82) is 0 Å². The van der Waals surface area contributed by atoms with E-state index in [1.165, 1.54) is 0 Å². The summed E-state index contributed by atoms with van der Waals surface area (Å²) >= 11 is 3.35. The Morgan fingerprint density at radius 3 is 2.69 bits per heavy atom. The molecule has 36 heavy (non-hydrogen) atoms. The SMILES string of the molecule is O=C(CCc1ccc(C(=O)NCC(Nc2nc3cc(Br)ccc3o2)C(=O)O)cc1)NC1=NCCCN1. The van der Waals surface area contributed by atoms with Crippen LogP contribution in [0.5, 0.6) is 0 Å². The number of nitrogens with zero attached hydrogens (tertiary/aromatic N) is 2. The molecule has 12 heteroatoms. The number of rotatable bonds is 9. The molecule has 1 unspecified atom stereocenters. The van der Waals surface area contributed by atoms with E-state index in [0.29, 0.717) is 35.6 Å². The molecule has 0 bridgehead atoms. The molecular formula is C24H25BrN6O5. The summed E-state index contributed by atoms with van der Waals surface area (Å²) in [7, 11) is 0. The first-order chi connectivity index (χ1) is 17.4. The fourth-order valence-corrected chi connectivity index (χ4v) is 3.85. The van der Waals surface area contributed by atoms with Crippen LogP contribution in [0.4, 0.5) is 6.01 Å². The Hall–Kier alpha value is -3.93. The van der Waals surface area contributed by atoms with E-state index < -0.39 is 17.9 Å². The van der Waals surface area contributed by atoms with Gasteiger partial charge in [0.05, 0.1) is 0 Å². The number of aromatic nitrogens is 1. The van der Waals surface area contributed by atoms with Crippen LogP contribution in [0, 0.1) is 0 Å². The monoisotopic (exact) mass is 556 g/mol. The molecule has 0 spiro atoms. The average Bonchev–Trinajstić information content (AvgIpc) is 3.27. The largest absolute Gasteiger partial charge is 0.480 e. The second-order valence-electron chi connectivity index (χ2n) is 8.13. The van der Waals surface area contributed by atoms with Gasteiger partial charge in [-0.25, -0.2) is 4.79 Å². The Morgan fingerprint density at radius 1 is 1.17 bits per heavy atom. The van der Waals surface area contributed by atoms with E-state index in [0.717, 1.165) is 23.0 Å². The normalized spacial score (nSPS) is 13.9. The van der Waals surface area contributed by atoms with Crippen LogP contribution in [0.2, 0.25) is 0 Å². The third-order valence-corrected chi connectivity index (χ3v) is 5.92. The first-order valence-corrected chi connectivity index (χ1v) is 12.2. The molecule has 2 heterocycles. The van der Waals surface area contributed by atoms with Crippen molar-refractivity contribution in [3.63, 3.8) is 0 Å². The summed E-state index contributed by atoms with van der Waals surface area (Å²) in [4.78, 5) is 44.8. The number of carboxylic acid groups (broad SMARTS) is 1. The maximum absolute atomic E-state index is 12.5. The summed E-state index contributed by atoms with van der Waals surface area (Å²) in [5.74, 6) is -1.21. The first-order valence-electron chi connectivity index (χ1n) is 11.4. The van der Waals surface area contributed by atoms with Gasteiger partial charge in [-0.2, -0.15) is 4.98 Å². The van der Waals surface area contributed by atoms with Crippen LogP contribution in [0.1, 0.15) is 28.8 Å². The quantitative estimate of drug-likeness (QED) is 0.268. The van der Waals surface area contributed by atoms with E-state index in [1.54, 1.807) is 42.5 Å². The zero-order valence-electron chi connectivity index (χ0n) is 19.2. The number of hydrogen-bond donors (Lipinski definition) is 5. The maximum atomic E-state index is 12.5. The number of aryl methyl sites for hydroxylation is 1. The van der Waals surface area contributed by atoms with Gasteiger partial charge in [0.25, 0.3) is 11.9 Å². The summed E-state index contributed by atoms with van der Waals surface area (Å²) in [6, 6.07) is 11.0. The number of anilines is 1. The predicted octanol–water partition coefficient (Wildman–Crippen LogP) is 2.28. The van der Waals surface area contributed by atoms with E-state index in [1.807, 2.05) is 0 Å². The van der Waals surface area contributed by atoms with Crippen molar-refractivity contribution in [3.05, 3.63) is 58.1 Å². The topological polar surface area (TPSA) is 158 Å². The van der Waals surface area contributed by atoms with E-state index in [4.69, 9.17) is 4.42 Å². The lowest BCUT2D eigenvalue weighted by atomic mass is 10.1. The fraction of sp³-hybridized carbons (Fsp3) is 0.292. The molecule has 4 rings (SSSR count). The second kappa shape index (κ2) is 11.7. The minimum absolute atomic E-state index is 0.0458.